The van der Waals surface area contributed by atoms with Gasteiger partial charge in [0.25, 0.3) is 0 Å². The van der Waals surface area contributed by atoms with Gasteiger partial charge < -0.3 is 10.7 Å². The minimum Gasteiger partial charge on any atom is -0.353 e. The highest BCUT2D eigenvalue weighted by Gasteiger charge is 2.36. The summed E-state index contributed by atoms with van der Waals surface area (Å²) in [6.45, 7) is 11.8. The van der Waals surface area contributed by atoms with Crippen molar-refractivity contribution in [3.8, 4) is 0 Å². The van der Waals surface area contributed by atoms with Crippen LogP contribution in [-0.2, 0) is 6.18 Å². The number of aromatic nitrogens is 1. The van der Waals surface area contributed by atoms with E-state index in [-0.39, 0.29) is 11.1 Å². The molecule has 1 aliphatic heterocycles. The minimum atomic E-state index is -4.50. The van der Waals surface area contributed by atoms with Crippen LogP contribution < -0.4 is 16.6 Å². The van der Waals surface area contributed by atoms with Crippen molar-refractivity contribution >= 4 is 29.3 Å². The molecule has 0 amide bonds. The number of nitrogens with zero attached hydrogens (tertiary/aromatic N) is 5. The van der Waals surface area contributed by atoms with E-state index in [1.54, 1.807) is 11.1 Å². The van der Waals surface area contributed by atoms with Gasteiger partial charge in [0.15, 0.2) is 5.84 Å². The summed E-state index contributed by atoms with van der Waals surface area (Å²) in [6, 6.07) is 8.46. The van der Waals surface area contributed by atoms with E-state index in [1.807, 2.05) is 49.9 Å². The zero-order chi connectivity index (χ0) is 26.0. The zero-order valence-corrected chi connectivity index (χ0v) is 20.8. The molecule has 7 nitrogen and oxygen atoms in total. The summed E-state index contributed by atoms with van der Waals surface area (Å²) >= 11 is 6.18. The third-order valence-corrected chi connectivity index (χ3v) is 6.21. The van der Waals surface area contributed by atoms with Gasteiger partial charge in [0.05, 0.1) is 16.6 Å². The number of amidine groups is 1. The van der Waals surface area contributed by atoms with Crippen LogP contribution in [0.2, 0.25) is 5.02 Å². The molecule has 2 aromatic rings. The van der Waals surface area contributed by atoms with Crippen LogP contribution in [0, 0.1) is 0 Å². The van der Waals surface area contributed by atoms with E-state index < -0.39 is 17.3 Å². The quantitative estimate of drug-likeness (QED) is 0.267. The van der Waals surface area contributed by atoms with Crippen LogP contribution in [0.4, 0.5) is 19.0 Å². The van der Waals surface area contributed by atoms with Crippen LogP contribution >= 0.6 is 11.6 Å². The number of rotatable bonds is 5. The van der Waals surface area contributed by atoms with Gasteiger partial charge in [0.1, 0.15) is 5.82 Å². The first-order chi connectivity index (χ1) is 16.4. The molecule has 3 rings (SSSR count). The first kappa shape index (κ1) is 26.8. The summed E-state index contributed by atoms with van der Waals surface area (Å²) in [5.41, 5.74) is 0.584. The van der Waals surface area contributed by atoms with Gasteiger partial charge in [-0.05, 0) is 44.0 Å². The maximum absolute atomic E-state index is 13.0. The number of hydrazone groups is 1. The minimum absolute atomic E-state index is 0.0337. The van der Waals surface area contributed by atoms with E-state index >= 15 is 0 Å². The topological polar surface area (TPSA) is 87.0 Å². The van der Waals surface area contributed by atoms with Crippen molar-refractivity contribution in [1.82, 2.24) is 14.9 Å². The van der Waals surface area contributed by atoms with Crippen molar-refractivity contribution in [2.24, 2.45) is 16.8 Å². The molecule has 35 heavy (non-hydrogen) atoms. The van der Waals surface area contributed by atoms with Gasteiger partial charge in [-0.3, -0.25) is 9.91 Å². The van der Waals surface area contributed by atoms with Crippen molar-refractivity contribution in [1.29, 1.82) is 0 Å². The van der Waals surface area contributed by atoms with E-state index in [9.17, 15) is 13.2 Å². The Morgan fingerprint density at radius 1 is 1.20 bits per heavy atom. The van der Waals surface area contributed by atoms with Gasteiger partial charge in [-0.15, -0.1) is 0 Å². The third-order valence-electron chi connectivity index (χ3n) is 5.94. The fourth-order valence-electron chi connectivity index (χ4n) is 4.00. The number of nitrogens with two attached hydrogens (primary N) is 2. The van der Waals surface area contributed by atoms with E-state index in [4.69, 9.17) is 23.3 Å². The summed E-state index contributed by atoms with van der Waals surface area (Å²) in [7, 11) is 0. The smallest absolute Gasteiger partial charge is 0.353 e. The van der Waals surface area contributed by atoms with Crippen molar-refractivity contribution in [3.05, 3.63) is 64.8 Å². The lowest BCUT2D eigenvalue weighted by Crippen LogP contribution is -2.57. The highest BCUT2D eigenvalue weighted by atomic mass is 35.5. The molecule has 0 aliphatic carbocycles. The Morgan fingerprint density at radius 3 is 2.37 bits per heavy atom. The molecule has 0 spiro atoms. The molecule has 4 N–H and O–H groups in total. The Morgan fingerprint density at radius 2 is 1.86 bits per heavy atom. The Kier molecular flexibility index (Phi) is 7.98. The first-order valence-electron chi connectivity index (χ1n) is 11.1. The molecule has 0 saturated carbocycles. The fraction of sp³-hybridized carbons (Fsp3) is 0.417. The summed E-state index contributed by atoms with van der Waals surface area (Å²) < 4.78 is 39.0. The van der Waals surface area contributed by atoms with E-state index in [0.29, 0.717) is 37.8 Å². The molecule has 1 atom stereocenters. The van der Waals surface area contributed by atoms with Crippen LogP contribution in [0.5, 0.6) is 0 Å². The van der Waals surface area contributed by atoms with Gasteiger partial charge in [0, 0.05) is 37.9 Å². The van der Waals surface area contributed by atoms with E-state index in [2.05, 4.69) is 21.6 Å². The van der Waals surface area contributed by atoms with Gasteiger partial charge in [0.2, 0.25) is 0 Å². The molecular formula is C24H31ClF3N7. The SMILES string of the molecule is C=Cc1cccc(C(/C(=N/N)N(N)C(C)(C)C)N2CCN(c3ncc(C(F)(F)F)cc3Cl)CC2)c1. The predicted molar refractivity (Wildman–Crippen MR) is 135 cm³/mol. The molecule has 1 aromatic heterocycles. The summed E-state index contributed by atoms with van der Waals surface area (Å²) in [6.07, 6.45) is -1.92. The van der Waals surface area contributed by atoms with Gasteiger partial charge in [-0.1, -0.05) is 42.5 Å². The predicted octanol–water partition coefficient (Wildman–Crippen LogP) is 4.51. The third kappa shape index (κ3) is 6.06. The Balaban J connectivity index is 1.89. The first-order valence-corrected chi connectivity index (χ1v) is 11.5. The monoisotopic (exact) mass is 509 g/mol. The van der Waals surface area contributed by atoms with Gasteiger partial charge in [-0.25, -0.2) is 10.8 Å². The normalized spacial score (nSPS) is 16.8. The molecule has 190 valence electrons. The molecule has 0 radical (unpaired) electrons. The highest BCUT2D eigenvalue weighted by molar-refractivity contribution is 6.33. The van der Waals surface area contributed by atoms with Crippen LogP contribution in [0.15, 0.2) is 48.2 Å². The summed E-state index contributed by atoms with van der Waals surface area (Å²) in [5, 5.41) is 5.62. The molecule has 2 heterocycles. The highest BCUT2D eigenvalue weighted by Crippen LogP contribution is 2.35. The van der Waals surface area contributed by atoms with Crippen molar-refractivity contribution < 1.29 is 13.2 Å². The number of hydrogen-bond donors (Lipinski definition) is 2. The summed E-state index contributed by atoms with van der Waals surface area (Å²) in [4.78, 5) is 8.07. The van der Waals surface area contributed by atoms with Crippen molar-refractivity contribution in [2.75, 3.05) is 31.1 Å². The fourth-order valence-corrected chi connectivity index (χ4v) is 4.28. The zero-order valence-electron chi connectivity index (χ0n) is 20.1. The van der Waals surface area contributed by atoms with Crippen LogP contribution in [0.1, 0.15) is 43.5 Å². The lowest BCUT2D eigenvalue weighted by Gasteiger charge is -2.44. The number of halogens is 4. The molecular weight excluding hydrogens is 479 g/mol. The molecule has 0 bridgehead atoms. The van der Waals surface area contributed by atoms with Gasteiger partial charge >= 0.3 is 6.18 Å². The molecule has 11 heteroatoms. The second-order valence-corrected chi connectivity index (χ2v) is 9.76. The Labute approximate surface area is 208 Å². The Hall–Kier alpha value is -2.82. The second-order valence-electron chi connectivity index (χ2n) is 9.36. The number of hydrogen-bond acceptors (Lipinski definition) is 6. The van der Waals surface area contributed by atoms with E-state index in [1.165, 1.54) is 0 Å². The number of benzene rings is 1. The number of hydrazine groups is 1. The second kappa shape index (κ2) is 10.4. The molecule has 1 unspecified atom stereocenters. The lowest BCUT2D eigenvalue weighted by molar-refractivity contribution is -0.137. The number of pyridine rings is 1. The molecule has 1 saturated heterocycles. The molecule has 1 fully saturated rings. The van der Waals surface area contributed by atoms with E-state index in [0.717, 1.165) is 23.4 Å². The largest absolute Gasteiger partial charge is 0.417 e. The molecule has 1 aromatic carbocycles. The maximum Gasteiger partial charge on any atom is 0.417 e. The lowest BCUT2D eigenvalue weighted by atomic mass is 9.98. The standard InChI is InChI=1S/C24H31ClF3N7/c1-5-16-7-6-8-17(13-16)20(22(32-29)35(30)23(2,3)4)33-9-11-34(12-10-33)21-19(25)14-18(15-31-21)24(26,27)28/h5-8,13-15,20H,1,9-12,29-30H2,2-4H3/b32-22-. The van der Waals surface area contributed by atoms with Crippen LogP contribution in [-0.4, -0.2) is 52.4 Å². The number of piperazine rings is 1. The Bertz CT molecular complexity index is 1070. The summed E-state index contributed by atoms with van der Waals surface area (Å²) in [5.74, 6) is 13.1. The molecule has 1 aliphatic rings. The van der Waals surface area contributed by atoms with Crippen LogP contribution in [0.3, 0.4) is 0 Å². The van der Waals surface area contributed by atoms with Crippen LogP contribution in [0.25, 0.3) is 6.08 Å². The average Bonchev–Trinajstić information content (AvgIpc) is 2.81. The number of anilines is 1. The van der Waals surface area contributed by atoms with Crippen molar-refractivity contribution in [2.45, 2.75) is 38.5 Å². The number of alkyl halides is 3. The van der Waals surface area contributed by atoms with Crippen molar-refractivity contribution in [3.63, 3.8) is 0 Å². The maximum atomic E-state index is 13.0. The average molecular weight is 510 g/mol. The van der Waals surface area contributed by atoms with Gasteiger partial charge in [-0.2, -0.15) is 18.3 Å².